The Hall–Kier alpha value is -1.00. The average Bonchev–Trinajstić information content (AvgIpc) is 2.35. The lowest BCUT2D eigenvalue weighted by atomic mass is 9.95. The summed E-state index contributed by atoms with van der Waals surface area (Å²) in [6, 6.07) is 4.45. The minimum atomic E-state index is -0.456. The van der Waals surface area contributed by atoms with E-state index in [1.54, 1.807) is 0 Å². The molecular formula is C15H22F2N2. The Morgan fingerprint density at radius 2 is 1.95 bits per heavy atom. The fraction of sp³-hybridized carbons (Fsp3) is 0.600. The molecule has 2 nitrogen and oxygen atoms in total. The first-order valence-corrected chi connectivity index (χ1v) is 6.85. The zero-order chi connectivity index (χ0) is 14.0. The smallest absolute Gasteiger partial charge is 0.130 e. The summed E-state index contributed by atoms with van der Waals surface area (Å²) in [6.45, 7) is 8.30. The SMILES string of the molecule is CCC1CN(Cc2c(F)cccc2F)C(C)(C)CN1. The lowest BCUT2D eigenvalue weighted by Gasteiger charge is -2.46. The Balaban J connectivity index is 2.20. The zero-order valence-corrected chi connectivity index (χ0v) is 11.8. The number of piperazine rings is 1. The highest BCUT2D eigenvalue weighted by atomic mass is 19.1. The summed E-state index contributed by atoms with van der Waals surface area (Å²) < 4.78 is 27.5. The van der Waals surface area contributed by atoms with Gasteiger partial charge in [0, 0.05) is 36.8 Å². The van der Waals surface area contributed by atoms with Gasteiger partial charge in [0.05, 0.1) is 0 Å². The summed E-state index contributed by atoms with van der Waals surface area (Å²) in [5.74, 6) is -0.912. The van der Waals surface area contributed by atoms with E-state index in [0.29, 0.717) is 12.6 Å². The van der Waals surface area contributed by atoms with E-state index >= 15 is 0 Å². The summed E-state index contributed by atoms with van der Waals surface area (Å²) in [7, 11) is 0. The standard InChI is InChI=1S/C15H22F2N2/c1-4-11-8-19(15(2,3)10-18-11)9-12-13(16)6-5-7-14(12)17/h5-7,11,18H,4,8-10H2,1-3H3. The van der Waals surface area contributed by atoms with Gasteiger partial charge in [0.2, 0.25) is 0 Å². The van der Waals surface area contributed by atoms with Crippen molar-refractivity contribution in [2.24, 2.45) is 0 Å². The van der Waals surface area contributed by atoms with Crippen LogP contribution in [0.25, 0.3) is 0 Å². The molecule has 0 saturated carbocycles. The van der Waals surface area contributed by atoms with Crippen LogP contribution in [0.4, 0.5) is 8.78 Å². The first kappa shape index (κ1) is 14.4. The molecule has 0 aromatic heterocycles. The van der Waals surface area contributed by atoms with Crippen LogP contribution in [0.1, 0.15) is 32.8 Å². The maximum atomic E-state index is 13.8. The van der Waals surface area contributed by atoms with Gasteiger partial charge in [-0.3, -0.25) is 4.90 Å². The molecule has 1 aliphatic rings. The molecule has 1 aromatic carbocycles. The minimum absolute atomic E-state index is 0.0968. The van der Waals surface area contributed by atoms with Gasteiger partial charge in [-0.2, -0.15) is 0 Å². The Morgan fingerprint density at radius 3 is 2.53 bits per heavy atom. The fourth-order valence-corrected chi connectivity index (χ4v) is 2.51. The maximum absolute atomic E-state index is 13.8. The van der Waals surface area contributed by atoms with Gasteiger partial charge in [-0.1, -0.05) is 13.0 Å². The molecule has 19 heavy (non-hydrogen) atoms. The van der Waals surface area contributed by atoms with E-state index in [-0.39, 0.29) is 11.1 Å². The van der Waals surface area contributed by atoms with Gasteiger partial charge >= 0.3 is 0 Å². The second-order valence-corrected chi connectivity index (χ2v) is 5.88. The van der Waals surface area contributed by atoms with Crippen LogP contribution in [-0.4, -0.2) is 29.6 Å². The number of hydrogen-bond donors (Lipinski definition) is 1. The van der Waals surface area contributed by atoms with Gasteiger partial charge in [0.1, 0.15) is 11.6 Å². The number of rotatable bonds is 3. The Labute approximate surface area is 113 Å². The molecule has 0 spiro atoms. The zero-order valence-electron chi connectivity index (χ0n) is 11.8. The van der Waals surface area contributed by atoms with Crippen molar-refractivity contribution in [1.82, 2.24) is 10.2 Å². The van der Waals surface area contributed by atoms with E-state index in [0.717, 1.165) is 19.5 Å². The van der Waals surface area contributed by atoms with Crippen molar-refractivity contribution in [2.75, 3.05) is 13.1 Å². The Bertz CT molecular complexity index is 426. The molecule has 1 aromatic rings. The topological polar surface area (TPSA) is 15.3 Å². The van der Waals surface area contributed by atoms with Crippen LogP contribution in [0.5, 0.6) is 0 Å². The minimum Gasteiger partial charge on any atom is -0.311 e. The highest BCUT2D eigenvalue weighted by Crippen LogP contribution is 2.24. The van der Waals surface area contributed by atoms with E-state index in [4.69, 9.17) is 0 Å². The third-order valence-corrected chi connectivity index (χ3v) is 4.02. The number of benzene rings is 1. The van der Waals surface area contributed by atoms with E-state index in [1.165, 1.54) is 18.2 Å². The molecule has 2 rings (SSSR count). The summed E-state index contributed by atoms with van der Waals surface area (Å²) in [4.78, 5) is 2.17. The van der Waals surface area contributed by atoms with Crippen molar-refractivity contribution in [2.45, 2.75) is 45.3 Å². The second-order valence-electron chi connectivity index (χ2n) is 5.88. The number of hydrogen-bond acceptors (Lipinski definition) is 2. The molecule has 0 radical (unpaired) electrons. The predicted octanol–water partition coefficient (Wildman–Crippen LogP) is 2.93. The van der Waals surface area contributed by atoms with Gasteiger partial charge in [-0.05, 0) is 32.4 Å². The molecule has 1 atom stereocenters. The molecule has 1 unspecified atom stereocenters. The van der Waals surface area contributed by atoms with E-state index in [2.05, 4.69) is 31.0 Å². The van der Waals surface area contributed by atoms with Crippen LogP contribution in [0.3, 0.4) is 0 Å². The van der Waals surface area contributed by atoms with Crippen molar-refractivity contribution < 1.29 is 8.78 Å². The first-order chi connectivity index (χ1) is 8.94. The highest BCUT2D eigenvalue weighted by molar-refractivity contribution is 5.20. The molecule has 1 heterocycles. The van der Waals surface area contributed by atoms with Crippen molar-refractivity contribution >= 4 is 0 Å². The quantitative estimate of drug-likeness (QED) is 0.906. The van der Waals surface area contributed by atoms with Crippen LogP contribution < -0.4 is 5.32 Å². The molecule has 1 saturated heterocycles. The monoisotopic (exact) mass is 268 g/mol. The molecule has 0 bridgehead atoms. The molecule has 106 valence electrons. The average molecular weight is 268 g/mol. The summed E-state index contributed by atoms with van der Waals surface area (Å²) in [5, 5.41) is 3.47. The van der Waals surface area contributed by atoms with Crippen LogP contribution in [-0.2, 0) is 6.54 Å². The molecule has 1 N–H and O–H groups in total. The van der Waals surface area contributed by atoms with Gasteiger partial charge in [0.25, 0.3) is 0 Å². The number of nitrogens with zero attached hydrogens (tertiary/aromatic N) is 1. The molecule has 1 fully saturated rings. The summed E-state index contributed by atoms with van der Waals surface area (Å²) in [6.07, 6.45) is 1.02. The van der Waals surface area contributed by atoms with Crippen LogP contribution in [0, 0.1) is 11.6 Å². The lowest BCUT2D eigenvalue weighted by molar-refractivity contribution is 0.0556. The van der Waals surface area contributed by atoms with Gasteiger partial charge < -0.3 is 5.32 Å². The first-order valence-electron chi connectivity index (χ1n) is 6.85. The van der Waals surface area contributed by atoms with Crippen LogP contribution in [0.15, 0.2) is 18.2 Å². The number of nitrogens with one attached hydrogen (secondary N) is 1. The van der Waals surface area contributed by atoms with Crippen LogP contribution in [0.2, 0.25) is 0 Å². The Morgan fingerprint density at radius 1 is 1.32 bits per heavy atom. The third kappa shape index (κ3) is 3.12. The predicted molar refractivity (Wildman–Crippen MR) is 72.9 cm³/mol. The molecule has 4 heteroatoms. The molecule has 1 aliphatic heterocycles. The lowest BCUT2D eigenvalue weighted by Crippen LogP contribution is -2.61. The van der Waals surface area contributed by atoms with Crippen molar-refractivity contribution in [3.63, 3.8) is 0 Å². The Kier molecular flexibility index (Phi) is 4.21. The summed E-state index contributed by atoms with van der Waals surface area (Å²) >= 11 is 0. The third-order valence-electron chi connectivity index (χ3n) is 4.02. The van der Waals surface area contributed by atoms with E-state index in [1.807, 2.05) is 0 Å². The fourth-order valence-electron chi connectivity index (χ4n) is 2.51. The van der Waals surface area contributed by atoms with Crippen molar-refractivity contribution in [3.8, 4) is 0 Å². The van der Waals surface area contributed by atoms with Crippen molar-refractivity contribution in [1.29, 1.82) is 0 Å². The summed E-state index contributed by atoms with van der Waals surface area (Å²) in [5.41, 5.74) is 0.0766. The van der Waals surface area contributed by atoms with Gasteiger partial charge in [-0.25, -0.2) is 8.78 Å². The van der Waals surface area contributed by atoms with Crippen LogP contribution >= 0.6 is 0 Å². The normalized spacial score (nSPS) is 23.5. The highest BCUT2D eigenvalue weighted by Gasteiger charge is 2.34. The molecule has 0 aliphatic carbocycles. The van der Waals surface area contributed by atoms with Gasteiger partial charge in [0.15, 0.2) is 0 Å². The molecular weight excluding hydrogens is 246 g/mol. The van der Waals surface area contributed by atoms with Crippen molar-refractivity contribution in [3.05, 3.63) is 35.4 Å². The largest absolute Gasteiger partial charge is 0.311 e. The van der Waals surface area contributed by atoms with Gasteiger partial charge in [-0.15, -0.1) is 0 Å². The number of halogens is 2. The maximum Gasteiger partial charge on any atom is 0.130 e. The molecule has 0 amide bonds. The van der Waals surface area contributed by atoms with E-state index in [9.17, 15) is 8.78 Å². The van der Waals surface area contributed by atoms with E-state index < -0.39 is 11.6 Å². The second kappa shape index (κ2) is 5.55.